The van der Waals surface area contributed by atoms with Crippen LogP contribution in [0.15, 0.2) is 36.4 Å². The van der Waals surface area contributed by atoms with Crippen LogP contribution in [0, 0.1) is 11.3 Å². The van der Waals surface area contributed by atoms with E-state index in [4.69, 9.17) is 22.0 Å². The van der Waals surface area contributed by atoms with Gasteiger partial charge in [0.2, 0.25) is 0 Å². The fraction of sp³-hybridized carbons (Fsp3) is 0.200. The summed E-state index contributed by atoms with van der Waals surface area (Å²) in [5.41, 5.74) is 1.53. The maximum Gasteiger partial charge on any atom is 0.417 e. The Morgan fingerprint density at radius 3 is 2.61 bits per heavy atom. The van der Waals surface area contributed by atoms with Gasteiger partial charge < -0.3 is 10.1 Å². The summed E-state index contributed by atoms with van der Waals surface area (Å²) in [7, 11) is 0. The number of nitriles is 1. The summed E-state index contributed by atoms with van der Waals surface area (Å²) in [6.07, 6.45) is -4.03. The van der Waals surface area contributed by atoms with Crippen molar-refractivity contribution in [1.29, 1.82) is 5.26 Å². The molecule has 2 N–H and O–H groups in total. The van der Waals surface area contributed by atoms with Crippen molar-refractivity contribution >= 4 is 28.5 Å². The van der Waals surface area contributed by atoms with Crippen LogP contribution in [0.25, 0.3) is 22.2 Å². The molecule has 0 bridgehead atoms. The molecule has 28 heavy (non-hydrogen) atoms. The van der Waals surface area contributed by atoms with Crippen molar-refractivity contribution in [3.63, 3.8) is 0 Å². The molecule has 8 heteroatoms. The Labute approximate surface area is 163 Å². The van der Waals surface area contributed by atoms with Gasteiger partial charge in [-0.25, -0.2) is 0 Å². The molecule has 1 aromatic heterocycles. The molecule has 2 aromatic carbocycles. The van der Waals surface area contributed by atoms with Crippen LogP contribution in [0.4, 0.5) is 13.2 Å². The van der Waals surface area contributed by atoms with Crippen LogP contribution in [-0.4, -0.2) is 16.1 Å². The number of rotatable bonds is 5. The molecule has 0 amide bonds. The molecule has 0 fully saturated rings. The summed E-state index contributed by atoms with van der Waals surface area (Å²) in [4.78, 5) is 13.9. The highest BCUT2D eigenvalue weighted by molar-refractivity contribution is 6.31. The Kier molecular flexibility index (Phi) is 5.34. The van der Waals surface area contributed by atoms with E-state index < -0.39 is 22.7 Å². The van der Waals surface area contributed by atoms with Crippen LogP contribution < -0.4 is 0 Å². The fourth-order valence-corrected chi connectivity index (χ4v) is 3.36. The molecule has 0 saturated heterocycles. The van der Waals surface area contributed by atoms with E-state index in [0.717, 1.165) is 6.07 Å². The SMILES string of the molecule is N#Cc1ccc2[nH]c(-c3ccc(Cl)c(C(F)(F)F)c3)c(CCCC(=O)O)c2c1. The number of carbonyl (C=O) groups is 1. The van der Waals surface area contributed by atoms with Gasteiger partial charge in [0.15, 0.2) is 0 Å². The predicted octanol–water partition coefficient (Wildman–Crippen LogP) is 5.79. The Morgan fingerprint density at radius 2 is 1.96 bits per heavy atom. The third-order valence-electron chi connectivity index (χ3n) is 4.41. The lowest BCUT2D eigenvalue weighted by molar-refractivity contribution is -0.138. The number of aryl methyl sites for hydroxylation is 1. The number of benzene rings is 2. The molecule has 144 valence electrons. The van der Waals surface area contributed by atoms with Gasteiger partial charge >= 0.3 is 12.1 Å². The van der Waals surface area contributed by atoms with Gasteiger partial charge in [-0.05, 0) is 54.3 Å². The zero-order chi connectivity index (χ0) is 20.5. The predicted molar refractivity (Wildman–Crippen MR) is 99.0 cm³/mol. The summed E-state index contributed by atoms with van der Waals surface area (Å²) in [6, 6.07) is 10.6. The van der Waals surface area contributed by atoms with Crippen molar-refractivity contribution in [1.82, 2.24) is 4.98 Å². The first-order chi connectivity index (χ1) is 13.2. The number of aromatic amines is 1. The van der Waals surface area contributed by atoms with E-state index in [1.165, 1.54) is 12.1 Å². The monoisotopic (exact) mass is 406 g/mol. The molecule has 0 aliphatic heterocycles. The third kappa shape index (κ3) is 3.97. The third-order valence-corrected chi connectivity index (χ3v) is 4.74. The summed E-state index contributed by atoms with van der Waals surface area (Å²) in [6.45, 7) is 0. The first kappa shape index (κ1) is 19.8. The largest absolute Gasteiger partial charge is 0.481 e. The van der Waals surface area contributed by atoms with E-state index in [9.17, 15) is 18.0 Å². The molecule has 0 saturated carbocycles. The second kappa shape index (κ2) is 7.56. The molecule has 0 unspecified atom stereocenters. The zero-order valence-electron chi connectivity index (χ0n) is 14.4. The van der Waals surface area contributed by atoms with E-state index >= 15 is 0 Å². The maximum absolute atomic E-state index is 13.2. The molecule has 0 aliphatic rings. The number of hydrogen-bond acceptors (Lipinski definition) is 2. The number of carboxylic acid groups (broad SMARTS) is 1. The second-order valence-corrected chi connectivity index (χ2v) is 6.70. The number of aromatic nitrogens is 1. The van der Waals surface area contributed by atoms with Crippen molar-refractivity contribution in [3.8, 4) is 17.3 Å². The summed E-state index contributed by atoms with van der Waals surface area (Å²) in [5.74, 6) is -0.954. The number of nitrogens with one attached hydrogen (secondary N) is 1. The van der Waals surface area contributed by atoms with Gasteiger partial charge in [0.1, 0.15) is 0 Å². The Hall–Kier alpha value is -2.98. The first-order valence-corrected chi connectivity index (χ1v) is 8.72. The fourth-order valence-electron chi connectivity index (χ4n) is 3.14. The molecule has 3 aromatic rings. The molecule has 3 rings (SSSR count). The van der Waals surface area contributed by atoms with Crippen LogP contribution in [0.5, 0.6) is 0 Å². The van der Waals surface area contributed by atoms with E-state index in [2.05, 4.69) is 4.98 Å². The van der Waals surface area contributed by atoms with Crippen LogP contribution in [-0.2, 0) is 17.4 Å². The number of alkyl halides is 3. The van der Waals surface area contributed by atoms with Crippen molar-refractivity contribution in [2.75, 3.05) is 0 Å². The minimum atomic E-state index is -4.60. The highest BCUT2D eigenvalue weighted by Gasteiger charge is 2.33. The van der Waals surface area contributed by atoms with Crippen LogP contribution >= 0.6 is 11.6 Å². The average molecular weight is 407 g/mol. The van der Waals surface area contributed by atoms with Gasteiger partial charge in [-0.15, -0.1) is 0 Å². The molecular formula is C20H14ClF3N2O2. The summed E-state index contributed by atoms with van der Waals surface area (Å²) in [5, 5.41) is 18.3. The van der Waals surface area contributed by atoms with E-state index in [-0.39, 0.29) is 12.0 Å². The van der Waals surface area contributed by atoms with Gasteiger partial charge in [0, 0.05) is 23.0 Å². The van der Waals surface area contributed by atoms with Gasteiger partial charge in [-0.2, -0.15) is 18.4 Å². The Morgan fingerprint density at radius 1 is 1.21 bits per heavy atom. The quantitative estimate of drug-likeness (QED) is 0.563. The topological polar surface area (TPSA) is 76.9 Å². The van der Waals surface area contributed by atoms with Gasteiger partial charge in [0.25, 0.3) is 0 Å². The van der Waals surface area contributed by atoms with E-state index in [1.807, 2.05) is 6.07 Å². The van der Waals surface area contributed by atoms with Gasteiger partial charge in [0.05, 0.1) is 22.2 Å². The molecule has 4 nitrogen and oxygen atoms in total. The molecule has 0 spiro atoms. The molecule has 0 radical (unpaired) electrons. The second-order valence-electron chi connectivity index (χ2n) is 6.29. The highest BCUT2D eigenvalue weighted by atomic mass is 35.5. The van der Waals surface area contributed by atoms with Gasteiger partial charge in [-0.3, -0.25) is 4.79 Å². The van der Waals surface area contributed by atoms with Crippen molar-refractivity contribution in [3.05, 3.63) is 58.1 Å². The van der Waals surface area contributed by atoms with Crippen molar-refractivity contribution in [2.24, 2.45) is 0 Å². The standard InChI is InChI=1S/C20H14ClF3N2O2/c21-16-6-5-12(9-15(16)20(22,23)24)19-13(2-1-3-18(27)28)14-8-11(10-25)4-7-17(14)26-19/h4-9,26H,1-3H2,(H,27,28). The molecule has 0 atom stereocenters. The first-order valence-electron chi connectivity index (χ1n) is 8.34. The van der Waals surface area contributed by atoms with Gasteiger partial charge in [-0.1, -0.05) is 17.7 Å². The molecular weight excluding hydrogens is 393 g/mol. The lowest BCUT2D eigenvalue weighted by atomic mass is 9.98. The summed E-state index contributed by atoms with van der Waals surface area (Å²) < 4.78 is 39.7. The van der Waals surface area contributed by atoms with Crippen molar-refractivity contribution in [2.45, 2.75) is 25.4 Å². The normalized spacial score (nSPS) is 11.5. The average Bonchev–Trinajstić information content (AvgIpc) is 2.98. The lowest BCUT2D eigenvalue weighted by Gasteiger charge is -2.11. The number of carboxylic acids is 1. The minimum absolute atomic E-state index is 0.0710. The Balaban J connectivity index is 2.17. The zero-order valence-corrected chi connectivity index (χ0v) is 15.2. The molecule has 1 heterocycles. The number of nitrogens with zero attached hydrogens (tertiary/aromatic N) is 1. The smallest absolute Gasteiger partial charge is 0.417 e. The number of hydrogen-bond donors (Lipinski definition) is 2. The van der Waals surface area contributed by atoms with Crippen LogP contribution in [0.3, 0.4) is 0 Å². The lowest BCUT2D eigenvalue weighted by Crippen LogP contribution is -2.06. The van der Waals surface area contributed by atoms with Crippen molar-refractivity contribution < 1.29 is 23.1 Å². The Bertz CT molecular complexity index is 1100. The number of aliphatic carboxylic acids is 1. The van der Waals surface area contributed by atoms with Crippen LogP contribution in [0.2, 0.25) is 5.02 Å². The minimum Gasteiger partial charge on any atom is -0.481 e. The summed E-state index contributed by atoms with van der Waals surface area (Å²) >= 11 is 5.71. The maximum atomic E-state index is 13.2. The molecule has 0 aliphatic carbocycles. The highest BCUT2D eigenvalue weighted by Crippen LogP contribution is 2.39. The number of fused-ring (bicyclic) bond motifs is 1. The van der Waals surface area contributed by atoms with E-state index in [0.29, 0.717) is 40.6 Å². The number of halogens is 4. The van der Waals surface area contributed by atoms with Crippen LogP contribution in [0.1, 0.15) is 29.5 Å². The van der Waals surface area contributed by atoms with E-state index in [1.54, 1.807) is 18.2 Å². The number of H-pyrrole nitrogens is 1.